The van der Waals surface area contributed by atoms with Crippen molar-refractivity contribution >= 4 is 22.4 Å². The van der Waals surface area contributed by atoms with Crippen LogP contribution in [-0.2, 0) is 12.8 Å². The number of aromatic nitrogens is 1. The molecular formula is C31H40N4OS. The van der Waals surface area contributed by atoms with Crippen molar-refractivity contribution in [2.45, 2.75) is 76.8 Å². The van der Waals surface area contributed by atoms with Crippen LogP contribution in [0, 0.1) is 5.92 Å². The number of hydrogen-bond donors (Lipinski definition) is 2. The van der Waals surface area contributed by atoms with Crippen LogP contribution in [0.5, 0.6) is 0 Å². The number of anilines is 1. The molecule has 2 aliphatic rings. The number of carbonyl (C=O) groups is 1. The Morgan fingerprint density at radius 3 is 2.59 bits per heavy atom. The van der Waals surface area contributed by atoms with Crippen LogP contribution in [0.25, 0.3) is 11.1 Å². The molecule has 0 saturated heterocycles. The van der Waals surface area contributed by atoms with Gasteiger partial charge in [0.15, 0.2) is 5.13 Å². The van der Waals surface area contributed by atoms with Gasteiger partial charge in [-0.15, -0.1) is 11.3 Å². The molecule has 2 aromatic carbocycles. The van der Waals surface area contributed by atoms with E-state index in [0.29, 0.717) is 6.04 Å². The minimum Gasteiger partial charge on any atom is -0.375 e. The first-order valence-corrected chi connectivity index (χ1v) is 14.8. The molecule has 1 atom stereocenters. The van der Waals surface area contributed by atoms with Gasteiger partial charge in [-0.25, -0.2) is 4.98 Å². The molecule has 1 fully saturated rings. The van der Waals surface area contributed by atoms with Crippen molar-refractivity contribution in [2.75, 3.05) is 18.8 Å². The summed E-state index contributed by atoms with van der Waals surface area (Å²) >= 11 is 1.68. The second kappa shape index (κ2) is 12.2. The van der Waals surface area contributed by atoms with Gasteiger partial charge in [0.1, 0.15) is 0 Å². The van der Waals surface area contributed by atoms with E-state index in [1.54, 1.807) is 11.3 Å². The third kappa shape index (κ3) is 6.60. The molecule has 3 N–H and O–H groups in total. The first-order valence-electron chi connectivity index (χ1n) is 14.0. The maximum absolute atomic E-state index is 13.0. The number of carbonyl (C=O) groups excluding carboxylic acids is 1. The fourth-order valence-corrected chi connectivity index (χ4v) is 7.09. The Morgan fingerprint density at radius 2 is 1.81 bits per heavy atom. The molecule has 6 heteroatoms. The first-order chi connectivity index (χ1) is 18.1. The normalized spacial score (nSPS) is 21.5. The zero-order valence-electron chi connectivity index (χ0n) is 22.0. The molecule has 0 aliphatic heterocycles. The molecule has 1 aromatic heterocycles. The van der Waals surface area contributed by atoms with Gasteiger partial charge in [0.2, 0.25) is 0 Å². The molecule has 1 amide bonds. The number of nitrogen functional groups attached to an aromatic ring is 1. The lowest BCUT2D eigenvalue weighted by Crippen LogP contribution is -2.41. The molecule has 37 heavy (non-hydrogen) atoms. The van der Waals surface area contributed by atoms with Crippen molar-refractivity contribution in [3.05, 3.63) is 70.7 Å². The zero-order chi connectivity index (χ0) is 25.6. The molecule has 5 rings (SSSR count). The molecule has 3 aromatic rings. The van der Waals surface area contributed by atoms with E-state index in [1.165, 1.54) is 55.8 Å². The van der Waals surface area contributed by atoms with Gasteiger partial charge in [-0.2, -0.15) is 0 Å². The Hall–Kier alpha value is -2.70. The number of rotatable bonds is 9. The number of benzene rings is 2. The number of aryl methyl sites for hydroxylation is 1. The predicted molar refractivity (Wildman–Crippen MR) is 154 cm³/mol. The Labute approximate surface area is 225 Å². The molecule has 0 spiro atoms. The number of thiazole rings is 1. The zero-order valence-corrected chi connectivity index (χ0v) is 22.8. The van der Waals surface area contributed by atoms with E-state index in [9.17, 15) is 4.79 Å². The molecule has 0 radical (unpaired) electrons. The molecule has 1 unspecified atom stereocenters. The van der Waals surface area contributed by atoms with Crippen LogP contribution in [-0.4, -0.2) is 41.0 Å². The second-order valence-corrected chi connectivity index (χ2v) is 11.9. The van der Waals surface area contributed by atoms with Crippen LogP contribution < -0.4 is 11.1 Å². The first kappa shape index (κ1) is 25.9. The summed E-state index contributed by atoms with van der Waals surface area (Å²) in [5.41, 5.74) is 10.2. The van der Waals surface area contributed by atoms with Gasteiger partial charge >= 0.3 is 0 Å². The number of nitrogens with two attached hydrogens (primary N) is 1. The highest BCUT2D eigenvalue weighted by atomic mass is 32.1. The Kier molecular flexibility index (Phi) is 8.57. The minimum atomic E-state index is 0.0516. The summed E-state index contributed by atoms with van der Waals surface area (Å²) in [6, 6.07) is 19.1. The number of hydrogen-bond acceptors (Lipinski definition) is 5. The summed E-state index contributed by atoms with van der Waals surface area (Å²) < 4.78 is 0. The highest BCUT2D eigenvalue weighted by Crippen LogP contribution is 2.32. The van der Waals surface area contributed by atoms with Crippen LogP contribution in [0.15, 0.2) is 54.6 Å². The Balaban J connectivity index is 1.09. The summed E-state index contributed by atoms with van der Waals surface area (Å²) in [5.74, 6) is 0.808. The highest BCUT2D eigenvalue weighted by Gasteiger charge is 2.28. The van der Waals surface area contributed by atoms with E-state index in [-0.39, 0.29) is 11.9 Å². The van der Waals surface area contributed by atoms with Crippen LogP contribution in [0.4, 0.5) is 5.13 Å². The SMILES string of the molecule is CCCN(CCC1CCC(NC(=O)c2cccc(-c3ccccc3)c2)CC1)C1CCc2nc(N)sc2C1. The lowest BCUT2D eigenvalue weighted by atomic mass is 9.83. The number of nitrogens with zero attached hydrogens (tertiary/aromatic N) is 2. The summed E-state index contributed by atoms with van der Waals surface area (Å²) in [6.07, 6.45) is 10.4. The molecule has 0 bridgehead atoms. The van der Waals surface area contributed by atoms with E-state index in [4.69, 9.17) is 5.73 Å². The molecule has 196 valence electrons. The standard InChI is InChI=1S/C31H40N4OS/c1-2-18-35(27-15-16-28-29(21-27)37-31(32)34-28)19-17-22-11-13-26(14-12-22)33-30(36)25-10-6-9-24(20-25)23-7-4-3-5-8-23/h3-10,20,22,26-27H,2,11-19,21H2,1H3,(H2,32,34)(H,33,36). The van der Waals surface area contributed by atoms with Crippen LogP contribution in [0.3, 0.4) is 0 Å². The minimum absolute atomic E-state index is 0.0516. The predicted octanol–water partition coefficient (Wildman–Crippen LogP) is 6.34. The van der Waals surface area contributed by atoms with Crippen molar-refractivity contribution in [1.29, 1.82) is 0 Å². The number of fused-ring (bicyclic) bond motifs is 1. The monoisotopic (exact) mass is 516 g/mol. The average molecular weight is 517 g/mol. The van der Waals surface area contributed by atoms with E-state index >= 15 is 0 Å². The quantitative estimate of drug-likeness (QED) is 0.348. The smallest absolute Gasteiger partial charge is 0.251 e. The third-order valence-corrected chi connectivity index (χ3v) is 9.14. The lowest BCUT2D eigenvalue weighted by molar-refractivity contribution is 0.0918. The van der Waals surface area contributed by atoms with E-state index in [1.807, 2.05) is 36.4 Å². The van der Waals surface area contributed by atoms with Crippen molar-refractivity contribution in [3.63, 3.8) is 0 Å². The van der Waals surface area contributed by atoms with E-state index < -0.39 is 0 Å². The van der Waals surface area contributed by atoms with Crippen molar-refractivity contribution < 1.29 is 4.79 Å². The lowest BCUT2D eigenvalue weighted by Gasteiger charge is -2.36. The molecule has 5 nitrogen and oxygen atoms in total. The summed E-state index contributed by atoms with van der Waals surface area (Å²) in [6.45, 7) is 4.63. The Morgan fingerprint density at radius 1 is 1.03 bits per heavy atom. The fourth-order valence-electron chi connectivity index (χ4n) is 6.14. The van der Waals surface area contributed by atoms with Crippen molar-refractivity contribution in [3.8, 4) is 11.1 Å². The second-order valence-electron chi connectivity index (χ2n) is 10.8. The maximum atomic E-state index is 13.0. The van der Waals surface area contributed by atoms with Crippen molar-refractivity contribution in [2.24, 2.45) is 5.92 Å². The van der Waals surface area contributed by atoms with Crippen LogP contribution in [0.2, 0.25) is 0 Å². The van der Waals surface area contributed by atoms with Gasteiger partial charge in [0.25, 0.3) is 5.91 Å². The molecule has 2 aliphatic carbocycles. The van der Waals surface area contributed by atoms with E-state index in [0.717, 1.165) is 53.4 Å². The highest BCUT2D eigenvalue weighted by molar-refractivity contribution is 7.15. The van der Waals surface area contributed by atoms with Crippen LogP contribution >= 0.6 is 11.3 Å². The molecule has 1 saturated carbocycles. The van der Waals surface area contributed by atoms with Gasteiger partial charge in [0.05, 0.1) is 5.69 Å². The van der Waals surface area contributed by atoms with Gasteiger partial charge < -0.3 is 16.0 Å². The van der Waals surface area contributed by atoms with E-state index in [2.05, 4.69) is 40.3 Å². The van der Waals surface area contributed by atoms with Crippen molar-refractivity contribution in [1.82, 2.24) is 15.2 Å². The Bertz CT molecular complexity index is 1170. The maximum Gasteiger partial charge on any atom is 0.251 e. The van der Waals surface area contributed by atoms with Gasteiger partial charge in [-0.1, -0.05) is 49.4 Å². The fraction of sp³-hybridized carbons (Fsp3) is 0.484. The van der Waals surface area contributed by atoms with Crippen LogP contribution in [0.1, 0.15) is 72.8 Å². The summed E-state index contributed by atoms with van der Waals surface area (Å²) in [5, 5.41) is 4.04. The van der Waals surface area contributed by atoms with Gasteiger partial charge in [-0.3, -0.25) is 4.79 Å². The number of nitrogens with one attached hydrogen (secondary N) is 1. The average Bonchev–Trinajstić information content (AvgIpc) is 3.31. The summed E-state index contributed by atoms with van der Waals surface area (Å²) in [7, 11) is 0. The molecule has 1 heterocycles. The third-order valence-electron chi connectivity index (χ3n) is 8.20. The number of amides is 1. The van der Waals surface area contributed by atoms with Gasteiger partial charge in [-0.05, 0) is 100 Å². The largest absolute Gasteiger partial charge is 0.375 e. The van der Waals surface area contributed by atoms with Gasteiger partial charge in [0, 0.05) is 22.5 Å². The molecular weight excluding hydrogens is 476 g/mol. The topological polar surface area (TPSA) is 71.2 Å². The summed E-state index contributed by atoms with van der Waals surface area (Å²) in [4.78, 5) is 21.7.